The molecule has 1 heterocycles. The standard InChI is InChI=1S/C13H22N4S/c1-14-13-12(15-16-18-13)8-17(2)7-11-6-9-3-4-10(11)5-9/h9-11,14H,3-8H2,1-2H3. The molecule has 3 rings (SSSR count). The van der Waals surface area contributed by atoms with Gasteiger partial charge >= 0.3 is 0 Å². The van der Waals surface area contributed by atoms with Crippen molar-refractivity contribution in [3.05, 3.63) is 5.69 Å². The highest BCUT2D eigenvalue weighted by molar-refractivity contribution is 7.10. The van der Waals surface area contributed by atoms with Crippen LogP contribution in [-0.4, -0.2) is 35.1 Å². The first-order valence-corrected chi connectivity index (χ1v) is 7.71. The molecule has 0 radical (unpaired) electrons. The third-order valence-electron chi connectivity index (χ3n) is 4.63. The molecule has 2 fully saturated rings. The van der Waals surface area contributed by atoms with Gasteiger partial charge in [0, 0.05) is 31.7 Å². The lowest BCUT2D eigenvalue weighted by molar-refractivity contribution is 0.213. The molecule has 18 heavy (non-hydrogen) atoms. The topological polar surface area (TPSA) is 41.1 Å². The smallest absolute Gasteiger partial charge is 0.134 e. The van der Waals surface area contributed by atoms with Gasteiger partial charge in [0.05, 0.1) is 0 Å². The van der Waals surface area contributed by atoms with E-state index >= 15 is 0 Å². The first-order valence-electron chi connectivity index (χ1n) is 6.93. The highest BCUT2D eigenvalue weighted by Gasteiger charge is 2.39. The Balaban J connectivity index is 1.54. The Bertz CT molecular complexity index is 405. The summed E-state index contributed by atoms with van der Waals surface area (Å²) >= 11 is 1.45. The summed E-state index contributed by atoms with van der Waals surface area (Å²) in [6, 6.07) is 0. The average Bonchev–Trinajstić information content (AvgIpc) is 3.04. The lowest BCUT2D eigenvalue weighted by atomic mass is 9.88. The zero-order valence-corrected chi connectivity index (χ0v) is 12.0. The molecule has 5 heteroatoms. The maximum atomic E-state index is 4.21. The van der Waals surface area contributed by atoms with E-state index in [4.69, 9.17) is 0 Å². The second kappa shape index (κ2) is 5.13. The zero-order chi connectivity index (χ0) is 12.5. The van der Waals surface area contributed by atoms with Crippen LogP contribution in [0, 0.1) is 17.8 Å². The Hall–Kier alpha value is -0.680. The van der Waals surface area contributed by atoms with Gasteiger partial charge in [-0.2, -0.15) is 0 Å². The molecule has 0 amide bonds. The van der Waals surface area contributed by atoms with Crippen LogP contribution in [0.5, 0.6) is 0 Å². The van der Waals surface area contributed by atoms with E-state index in [0.717, 1.165) is 35.0 Å². The molecule has 2 aliphatic carbocycles. The molecule has 3 unspecified atom stereocenters. The first-order chi connectivity index (χ1) is 8.76. The van der Waals surface area contributed by atoms with E-state index in [1.54, 1.807) is 0 Å². The Morgan fingerprint density at radius 3 is 2.94 bits per heavy atom. The number of fused-ring (bicyclic) bond motifs is 2. The van der Waals surface area contributed by atoms with E-state index < -0.39 is 0 Å². The normalized spacial score (nSPS) is 30.3. The molecular formula is C13H22N4S. The number of nitrogens with one attached hydrogen (secondary N) is 1. The molecule has 1 aromatic rings. The summed E-state index contributed by atoms with van der Waals surface area (Å²) in [6.07, 6.45) is 5.93. The third-order valence-corrected chi connectivity index (χ3v) is 5.42. The van der Waals surface area contributed by atoms with Crippen molar-refractivity contribution in [3.63, 3.8) is 0 Å². The van der Waals surface area contributed by atoms with Crippen LogP contribution in [0.2, 0.25) is 0 Å². The number of rotatable bonds is 5. The predicted octanol–water partition coefficient (Wildman–Crippen LogP) is 2.45. The van der Waals surface area contributed by atoms with Crippen molar-refractivity contribution in [1.82, 2.24) is 14.5 Å². The van der Waals surface area contributed by atoms with Crippen molar-refractivity contribution < 1.29 is 0 Å². The van der Waals surface area contributed by atoms with Gasteiger partial charge in [0.25, 0.3) is 0 Å². The van der Waals surface area contributed by atoms with Gasteiger partial charge < -0.3 is 10.2 Å². The lowest BCUT2D eigenvalue weighted by Crippen LogP contribution is -2.28. The molecule has 0 saturated heterocycles. The fourth-order valence-electron chi connectivity index (χ4n) is 3.82. The Kier molecular flexibility index (Phi) is 3.52. The van der Waals surface area contributed by atoms with E-state index in [0.29, 0.717) is 0 Å². The molecule has 0 spiro atoms. The maximum Gasteiger partial charge on any atom is 0.134 e. The summed E-state index contributed by atoms with van der Waals surface area (Å²) in [5.74, 6) is 2.98. The van der Waals surface area contributed by atoms with Crippen LogP contribution in [0.1, 0.15) is 31.4 Å². The van der Waals surface area contributed by atoms with Gasteiger partial charge in [-0.05, 0) is 44.1 Å². The van der Waals surface area contributed by atoms with Crippen molar-refractivity contribution in [1.29, 1.82) is 0 Å². The molecule has 2 aliphatic rings. The van der Waals surface area contributed by atoms with Crippen LogP contribution >= 0.6 is 11.5 Å². The molecule has 3 atom stereocenters. The van der Waals surface area contributed by atoms with Gasteiger partial charge in [0.2, 0.25) is 0 Å². The van der Waals surface area contributed by atoms with E-state index in [1.807, 2.05) is 7.05 Å². The quantitative estimate of drug-likeness (QED) is 0.889. The molecule has 1 aromatic heterocycles. The SMILES string of the molecule is CNc1snnc1CN(C)CC1CC2CCC1C2. The molecule has 0 aliphatic heterocycles. The predicted molar refractivity (Wildman–Crippen MR) is 74.7 cm³/mol. The van der Waals surface area contributed by atoms with Crippen molar-refractivity contribution in [2.75, 3.05) is 26.0 Å². The third kappa shape index (κ3) is 2.38. The van der Waals surface area contributed by atoms with Crippen molar-refractivity contribution in [2.45, 2.75) is 32.2 Å². The average molecular weight is 266 g/mol. The summed E-state index contributed by atoms with van der Waals surface area (Å²) in [6.45, 7) is 2.14. The Morgan fingerprint density at radius 2 is 2.28 bits per heavy atom. The van der Waals surface area contributed by atoms with Gasteiger partial charge in [-0.3, -0.25) is 0 Å². The number of aromatic nitrogens is 2. The molecule has 100 valence electrons. The Morgan fingerprint density at radius 1 is 1.39 bits per heavy atom. The number of nitrogens with zero attached hydrogens (tertiary/aromatic N) is 3. The molecule has 2 saturated carbocycles. The number of anilines is 1. The van der Waals surface area contributed by atoms with Gasteiger partial charge in [0.15, 0.2) is 0 Å². The van der Waals surface area contributed by atoms with Gasteiger partial charge in [0.1, 0.15) is 10.7 Å². The van der Waals surface area contributed by atoms with Crippen LogP contribution in [0.15, 0.2) is 0 Å². The van der Waals surface area contributed by atoms with Crippen LogP contribution in [0.4, 0.5) is 5.00 Å². The minimum absolute atomic E-state index is 0.917. The molecule has 0 aromatic carbocycles. The Labute approximate surface area is 113 Å². The molecule has 4 nitrogen and oxygen atoms in total. The molecule has 1 N–H and O–H groups in total. The lowest BCUT2D eigenvalue weighted by Gasteiger charge is -2.26. The first kappa shape index (κ1) is 12.4. The summed E-state index contributed by atoms with van der Waals surface area (Å²) in [4.78, 5) is 2.42. The minimum atomic E-state index is 0.917. The van der Waals surface area contributed by atoms with Crippen molar-refractivity contribution in [3.8, 4) is 0 Å². The van der Waals surface area contributed by atoms with Gasteiger partial charge in [-0.1, -0.05) is 10.9 Å². The number of hydrogen-bond donors (Lipinski definition) is 1. The second-order valence-electron chi connectivity index (χ2n) is 5.93. The second-order valence-corrected chi connectivity index (χ2v) is 6.68. The summed E-state index contributed by atoms with van der Waals surface area (Å²) in [7, 11) is 4.15. The van der Waals surface area contributed by atoms with Crippen molar-refractivity contribution in [2.24, 2.45) is 17.8 Å². The summed E-state index contributed by atoms with van der Waals surface area (Å²) in [5, 5.41) is 8.49. The van der Waals surface area contributed by atoms with E-state index in [2.05, 4.69) is 26.9 Å². The number of hydrogen-bond acceptors (Lipinski definition) is 5. The highest BCUT2D eigenvalue weighted by Crippen LogP contribution is 2.48. The highest BCUT2D eigenvalue weighted by atomic mass is 32.1. The van der Waals surface area contributed by atoms with Gasteiger partial charge in [-0.25, -0.2) is 0 Å². The largest absolute Gasteiger partial charge is 0.377 e. The van der Waals surface area contributed by atoms with Gasteiger partial charge in [-0.15, -0.1) is 5.10 Å². The van der Waals surface area contributed by atoms with E-state index in [1.165, 1.54) is 43.8 Å². The van der Waals surface area contributed by atoms with Crippen LogP contribution in [-0.2, 0) is 6.54 Å². The van der Waals surface area contributed by atoms with Crippen LogP contribution in [0.25, 0.3) is 0 Å². The molecular weight excluding hydrogens is 244 g/mol. The van der Waals surface area contributed by atoms with E-state index in [-0.39, 0.29) is 0 Å². The molecule has 2 bridgehead atoms. The van der Waals surface area contributed by atoms with Crippen LogP contribution in [0.3, 0.4) is 0 Å². The van der Waals surface area contributed by atoms with Crippen molar-refractivity contribution >= 4 is 16.5 Å². The fourth-order valence-corrected chi connectivity index (χ4v) is 4.35. The zero-order valence-electron chi connectivity index (χ0n) is 11.2. The fraction of sp³-hybridized carbons (Fsp3) is 0.846. The van der Waals surface area contributed by atoms with E-state index in [9.17, 15) is 0 Å². The summed E-state index contributed by atoms with van der Waals surface area (Å²) < 4.78 is 4.02. The minimum Gasteiger partial charge on any atom is -0.377 e. The monoisotopic (exact) mass is 266 g/mol. The maximum absolute atomic E-state index is 4.21. The van der Waals surface area contributed by atoms with Crippen LogP contribution < -0.4 is 5.32 Å². The summed E-state index contributed by atoms with van der Waals surface area (Å²) in [5.41, 5.74) is 1.09.